The van der Waals surface area contributed by atoms with E-state index in [-0.39, 0.29) is 0 Å². The number of benzene rings is 7. The lowest BCUT2D eigenvalue weighted by Gasteiger charge is -2.17. The summed E-state index contributed by atoms with van der Waals surface area (Å²) in [6, 6.07) is 65.1. The Labute approximate surface area is 335 Å². The van der Waals surface area contributed by atoms with Gasteiger partial charge in [-0.25, -0.2) is 9.97 Å². The van der Waals surface area contributed by atoms with E-state index in [9.17, 15) is 0 Å². The predicted octanol–water partition coefficient (Wildman–Crippen LogP) is 13.9. The molecule has 0 aliphatic heterocycles. The molecule has 0 amide bonds. The average molecular weight is 739 g/mol. The molecule has 0 radical (unpaired) electrons. The molecule has 58 heavy (non-hydrogen) atoms. The highest BCUT2D eigenvalue weighted by Gasteiger charge is 2.18. The van der Waals surface area contributed by atoms with Gasteiger partial charge in [0.1, 0.15) is 0 Å². The second kappa shape index (κ2) is 14.0. The van der Waals surface area contributed by atoms with Crippen LogP contribution < -0.4 is 0 Å². The highest BCUT2D eigenvalue weighted by atomic mass is 14.7. The van der Waals surface area contributed by atoms with Gasteiger partial charge in [0.05, 0.1) is 22.6 Å². The minimum Gasteiger partial charge on any atom is -0.265 e. The smallest absolute Gasteiger partial charge is 0.0788 e. The van der Waals surface area contributed by atoms with E-state index >= 15 is 0 Å². The normalized spacial score (nSPS) is 11.4. The van der Waals surface area contributed by atoms with Crippen LogP contribution in [-0.4, -0.2) is 19.9 Å². The standard InChI is InChI=1S/C54H34N4/c1-2-10-38-31-43(20-19-35(38)9-1)54-49-34-48(45-15-3-4-16-46(45)53(49)47-17-5-6-18-50(47)58-54)42-14-8-12-40(30-42)39-11-7-13-41(29-39)44-32-51(36-21-25-55-26-22-36)57-52(33-44)37-23-27-56-28-24-37/h1-34H. The molecule has 0 N–H and O–H groups in total. The first-order valence-electron chi connectivity index (χ1n) is 19.5. The number of hydrogen-bond acceptors (Lipinski definition) is 4. The Morgan fingerprint density at radius 2 is 0.862 bits per heavy atom. The minimum atomic E-state index is 0.896. The summed E-state index contributed by atoms with van der Waals surface area (Å²) in [6.07, 6.45) is 7.24. The molecular formula is C54H34N4. The third-order valence-electron chi connectivity index (χ3n) is 11.2. The molecule has 270 valence electrons. The van der Waals surface area contributed by atoms with Gasteiger partial charge in [0.25, 0.3) is 0 Å². The van der Waals surface area contributed by atoms with Gasteiger partial charge in [-0.05, 0) is 122 Å². The number of aromatic nitrogens is 4. The topological polar surface area (TPSA) is 51.6 Å². The van der Waals surface area contributed by atoms with Crippen molar-refractivity contribution in [1.82, 2.24) is 19.9 Å². The molecule has 4 heteroatoms. The summed E-state index contributed by atoms with van der Waals surface area (Å²) >= 11 is 0. The van der Waals surface area contributed by atoms with Crippen LogP contribution >= 0.6 is 0 Å². The van der Waals surface area contributed by atoms with E-state index in [0.29, 0.717) is 0 Å². The molecule has 4 nitrogen and oxygen atoms in total. The van der Waals surface area contributed by atoms with Gasteiger partial charge in [-0.3, -0.25) is 9.97 Å². The van der Waals surface area contributed by atoms with Crippen LogP contribution in [0, 0.1) is 0 Å². The van der Waals surface area contributed by atoms with Crippen LogP contribution in [0.25, 0.3) is 110 Å². The summed E-state index contributed by atoms with van der Waals surface area (Å²) in [4.78, 5) is 18.9. The Balaban J connectivity index is 1.07. The van der Waals surface area contributed by atoms with E-state index in [0.717, 1.165) is 77.9 Å². The molecule has 0 spiro atoms. The van der Waals surface area contributed by atoms with Crippen molar-refractivity contribution in [3.63, 3.8) is 0 Å². The molecule has 0 atom stereocenters. The van der Waals surface area contributed by atoms with Gasteiger partial charge in [-0.1, -0.05) is 115 Å². The lowest BCUT2D eigenvalue weighted by molar-refractivity contribution is 1.27. The highest BCUT2D eigenvalue weighted by molar-refractivity contribution is 6.25. The van der Waals surface area contributed by atoms with Gasteiger partial charge in [0.2, 0.25) is 0 Å². The Morgan fingerprint density at radius 1 is 0.293 bits per heavy atom. The summed E-state index contributed by atoms with van der Waals surface area (Å²) in [5.41, 5.74) is 13.7. The van der Waals surface area contributed by atoms with Gasteiger partial charge in [-0.2, -0.15) is 0 Å². The van der Waals surface area contributed by atoms with Crippen molar-refractivity contribution >= 4 is 43.2 Å². The molecule has 11 aromatic rings. The summed E-state index contributed by atoms with van der Waals surface area (Å²) in [5.74, 6) is 0. The zero-order chi connectivity index (χ0) is 38.4. The molecule has 0 aliphatic carbocycles. The van der Waals surface area contributed by atoms with Gasteiger partial charge in [0, 0.05) is 57.6 Å². The largest absolute Gasteiger partial charge is 0.265 e. The van der Waals surface area contributed by atoms with Crippen molar-refractivity contribution in [2.45, 2.75) is 0 Å². The summed E-state index contributed by atoms with van der Waals surface area (Å²) in [5, 5.41) is 8.38. The van der Waals surface area contributed by atoms with Crippen LogP contribution in [0.15, 0.2) is 207 Å². The number of fused-ring (bicyclic) bond motifs is 6. The predicted molar refractivity (Wildman–Crippen MR) is 240 cm³/mol. The van der Waals surface area contributed by atoms with Crippen LogP contribution in [0.3, 0.4) is 0 Å². The van der Waals surface area contributed by atoms with E-state index in [2.05, 4.69) is 168 Å². The number of para-hydroxylation sites is 1. The van der Waals surface area contributed by atoms with Crippen molar-refractivity contribution in [3.8, 4) is 67.2 Å². The first kappa shape index (κ1) is 33.5. The van der Waals surface area contributed by atoms with Gasteiger partial charge in [-0.15, -0.1) is 0 Å². The molecule has 0 saturated heterocycles. The van der Waals surface area contributed by atoms with E-state index in [4.69, 9.17) is 9.97 Å². The third-order valence-corrected chi connectivity index (χ3v) is 11.2. The van der Waals surface area contributed by atoms with E-state index < -0.39 is 0 Å². The molecule has 4 heterocycles. The monoisotopic (exact) mass is 738 g/mol. The maximum absolute atomic E-state index is 5.37. The highest BCUT2D eigenvalue weighted by Crippen LogP contribution is 2.43. The third kappa shape index (κ3) is 5.96. The van der Waals surface area contributed by atoms with Crippen LogP contribution in [0.4, 0.5) is 0 Å². The van der Waals surface area contributed by atoms with Gasteiger partial charge < -0.3 is 0 Å². The molecule has 0 bridgehead atoms. The van der Waals surface area contributed by atoms with Crippen LogP contribution in [0.1, 0.15) is 0 Å². The van der Waals surface area contributed by atoms with E-state index in [1.54, 1.807) is 0 Å². The molecule has 4 aromatic heterocycles. The first-order chi connectivity index (χ1) is 28.7. The molecule has 0 saturated carbocycles. The molecule has 7 aromatic carbocycles. The quantitative estimate of drug-likeness (QED) is 0.159. The Bertz CT molecular complexity index is 3280. The molecular weight excluding hydrogens is 705 g/mol. The second-order valence-corrected chi connectivity index (χ2v) is 14.7. The average Bonchev–Trinajstić information content (AvgIpc) is 3.31. The van der Waals surface area contributed by atoms with Crippen molar-refractivity contribution in [2.75, 3.05) is 0 Å². The zero-order valence-electron chi connectivity index (χ0n) is 31.4. The minimum absolute atomic E-state index is 0.896. The van der Waals surface area contributed by atoms with Crippen LogP contribution in [0.5, 0.6) is 0 Å². The van der Waals surface area contributed by atoms with E-state index in [1.807, 2.05) is 49.1 Å². The fourth-order valence-electron chi connectivity index (χ4n) is 8.39. The number of pyridine rings is 4. The second-order valence-electron chi connectivity index (χ2n) is 14.7. The Kier molecular flexibility index (Phi) is 8.11. The molecule has 0 unspecified atom stereocenters. The summed E-state index contributed by atoms with van der Waals surface area (Å²) in [7, 11) is 0. The van der Waals surface area contributed by atoms with Crippen molar-refractivity contribution in [3.05, 3.63) is 207 Å². The zero-order valence-corrected chi connectivity index (χ0v) is 31.4. The first-order valence-corrected chi connectivity index (χ1v) is 19.5. The van der Waals surface area contributed by atoms with Crippen molar-refractivity contribution in [2.24, 2.45) is 0 Å². The lowest BCUT2D eigenvalue weighted by Crippen LogP contribution is -1.93. The van der Waals surface area contributed by atoms with Crippen molar-refractivity contribution in [1.29, 1.82) is 0 Å². The number of rotatable bonds is 6. The fourth-order valence-corrected chi connectivity index (χ4v) is 8.39. The van der Waals surface area contributed by atoms with E-state index in [1.165, 1.54) is 32.5 Å². The summed E-state index contributed by atoms with van der Waals surface area (Å²) < 4.78 is 0. The maximum atomic E-state index is 5.37. The maximum Gasteiger partial charge on any atom is 0.0788 e. The van der Waals surface area contributed by atoms with Crippen LogP contribution in [0.2, 0.25) is 0 Å². The molecule has 0 aliphatic rings. The molecule has 11 rings (SSSR count). The van der Waals surface area contributed by atoms with Crippen molar-refractivity contribution < 1.29 is 0 Å². The SMILES string of the molecule is c1cc(-c2cccc(-c3cc4c(-c5ccc6ccccc6c5)nc5ccccc5c4c4ccccc34)c2)cc(-c2cc(-c3ccncc3)nc(-c3ccncc3)c2)c1. The number of nitrogens with zero attached hydrogens (tertiary/aromatic N) is 4. The Hall–Kier alpha value is -7.82. The molecule has 0 fully saturated rings. The van der Waals surface area contributed by atoms with Gasteiger partial charge >= 0.3 is 0 Å². The summed E-state index contributed by atoms with van der Waals surface area (Å²) in [6.45, 7) is 0. The Morgan fingerprint density at radius 3 is 1.57 bits per heavy atom. The fraction of sp³-hybridized carbons (Fsp3) is 0. The number of hydrogen-bond donors (Lipinski definition) is 0. The van der Waals surface area contributed by atoms with Crippen LogP contribution in [-0.2, 0) is 0 Å². The lowest BCUT2D eigenvalue weighted by atomic mass is 9.88. The van der Waals surface area contributed by atoms with Gasteiger partial charge in [0.15, 0.2) is 0 Å².